The van der Waals surface area contributed by atoms with Crippen LogP contribution in [0.15, 0.2) is 34.7 Å². The molecular formula is C14H12ClFO2. The van der Waals surface area contributed by atoms with E-state index in [-0.39, 0.29) is 18.0 Å². The molecule has 0 N–H and O–H groups in total. The van der Waals surface area contributed by atoms with Crippen LogP contribution in [0.25, 0.3) is 0 Å². The topological polar surface area (TPSA) is 30.2 Å². The van der Waals surface area contributed by atoms with Gasteiger partial charge in [0, 0.05) is 17.9 Å². The summed E-state index contributed by atoms with van der Waals surface area (Å²) in [5.41, 5.74) is 0.469. The number of benzene rings is 1. The van der Waals surface area contributed by atoms with E-state index in [1.807, 2.05) is 6.92 Å². The predicted octanol–water partition coefficient (Wildman–Crippen LogP) is 4.06. The summed E-state index contributed by atoms with van der Waals surface area (Å²) >= 11 is 5.91. The van der Waals surface area contributed by atoms with Crippen LogP contribution in [0.2, 0.25) is 5.02 Å². The second-order valence-electron chi connectivity index (χ2n) is 3.96. The van der Waals surface area contributed by atoms with Gasteiger partial charge in [0.25, 0.3) is 0 Å². The van der Waals surface area contributed by atoms with Crippen molar-refractivity contribution in [2.45, 2.75) is 19.8 Å². The summed E-state index contributed by atoms with van der Waals surface area (Å²) in [4.78, 5) is 11.9. The first-order valence-electron chi connectivity index (χ1n) is 5.66. The monoisotopic (exact) mass is 266 g/mol. The molecule has 0 saturated heterocycles. The van der Waals surface area contributed by atoms with Gasteiger partial charge in [-0.25, -0.2) is 4.39 Å². The number of hydrogen-bond donors (Lipinski definition) is 0. The minimum atomic E-state index is -0.407. The standard InChI is InChI=1S/C14H12ClFO2/c1-2-11-4-6-14(18-11)13(17)8-9-7-10(16)3-5-12(9)15/h3-7H,2,8H2,1H3. The maximum absolute atomic E-state index is 13.1. The highest BCUT2D eigenvalue weighted by Crippen LogP contribution is 2.20. The molecule has 0 aliphatic rings. The van der Waals surface area contributed by atoms with Crippen molar-refractivity contribution in [1.82, 2.24) is 0 Å². The molecule has 2 aromatic rings. The molecule has 1 heterocycles. The van der Waals surface area contributed by atoms with E-state index in [1.54, 1.807) is 12.1 Å². The fourth-order valence-electron chi connectivity index (χ4n) is 1.66. The van der Waals surface area contributed by atoms with Crippen LogP contribution < -0.4 is 0 Å². The number of Topliss-reactive ketones (excluding diaryl/α,β-unsaturated/α-hetero) is 1. The largest absolute Gasteiger partial charge is 0.458 e. The molecule has 0 bridgehead atoms. The molecule has 94 valence electrons. The van der Waals surface area contributed by atoms with Crippen molar-refractivity contribution in [3.05, 3.63) is 58.3 Å². The van der Waals surface area contributed by atoms with Crippen molar-refractivity contribution in [1.29, 1.82) is 0 Å². The molecule has 1 aromatic carbocycles. The van der Waals surface area contributed by atoms with Gasteiger partial charge in [-0.2, -0.15) is 0 Å². The van der Waals surface area contributed by atoms with Crippen LogP contribution in [-0.2, 0) is 12.8 Å². The van der Waals surface area contributed by atoms with Crippen LogP contribution >= 0.6 is 11.6 Å². The van der Waals surface area contributed by atoms with Gasteiger partial charge in [-0.1, -0.05) is 18.5 Å². The third-order valence-corrected chi connectivity index (χ3v) is 3.01. The fraction of sp³-hybridized carbons (Fsp3) is 0.214. The van der Waals surface area contributed by atoms with Crippen LogP contribution in [0.5, 0.6) is 0 Å². The van der Waals surface area contributed by atoms with Crippen molar-refractivity contribution in [2.24, 2.45) is 0 Å². The highest BCUT2D eigenvalue weighted by molar-refractivity contribution is 6.31. The number of furan rings is 1. The second kappa shape index (κ2) is 5.36. The normalized spacial score (nSPS) is 10.6. The fourth-order valence-corrected chi connectivity index (χ4v) is 1.84. The molecule has 0 fully saturated rings. The van der Waals surface area contributed by atoms with E-state index in [0.29, 0.717) is 10.6 Å². The van der Waals surface area contributed by atoms with Gasteiger partial charge in [0.15, 0.2) is 5.76 Å². The van der Waals surface area contributed by atoms with E-state index in [4.69, 9.17) is 16.0 Å². The van der Waals surface area contributed by atoms with Gasteiger partial charge in [-0.15, -0.1) is 0 Å². The van der Waals surface area contributed by atoms with Gasteiger partial charge in [0.1, 0.15) is 11.6 Å². The average molecular weight is 267 g/mol. The summed E-state index contributed by atoms with van der Waals surface area (Å²) in [6.07, 6.45) is 0.765. The van der Waals surface area contributed by atoms with E-state index in [2.05, 4.69) is 0 Å². The highest BCUT2D eigenvalue weighted by Gasteiger charge is 2.14. The summed E-state index contributed by atoms with van der Waals surface area (Å²) in [5, 5.41) is 0.382. The minimum absolute atomic E-state index is 0.0350. The van der Waals surface area contributed by atoms with E-state index >= 15 is 0 Å². The lowest BCUT2D eigenvalue weighted by Crippen LogP contribution is -2.03. The Hall–Kier alpha value is -1.61. The number of rotatable bonds is 4. The summed E-state index contributed by atoms with van der Waals surface area (Å²) in [6, 6.07) is 7.37. The molecule has 0 atom stereocenters. The van der Waals surface area contributed by atoms with Crippen LogP contribution in [0.3, 0.4) is 0 Å². The van der Waals surface area contributed by atoms with Gasteiger partial charge in [-0.05, 0) is 35.9 Å². The van der Waals surface area contributed by atoms with E-state index < -0.39 is 5.82 Å². The Bertz CT molecular complexity index is 575. The van der Waals surface area contributed by atoms with Crippen LogP contribution in [0.1, 0.15) is 28.8 Å². The molecule has 0 radical (unpaired) electrons. The summed E-state index contributed by atoms with van der Waals surface area (Å²) in [5.74, 6) is 0.425. The number of ketones is 1. The van der Waals surface area contributed by atoms with Crippen LogP contribution in [0, 0.1) is 5.82 Å². The molecule has 4 heteroatoms. The molecule has 2 nitrogen and oxygen atoms in total. The van der Waals surface area contributed by atoms with Crippen molar-refractivity contribution in [3.8, 4) is 0 Å². The molecule has 0 amide bonds. The Morgan fingerprint density at radius 2 is 2.11 bits per heavy atom. The molecule has 2 rings (SSSR count). The minimum Gasteiger partial charge on any atom is -0.458 e. The van der Waals surface area contributed by atoms with Gasteiger partial charge in [-0.3, -0.25) is 4.79 Å². The Balaban J connectivity index is 2.18. The lowest BCUT2D eigenvalue weighted by Gasteiger charge is -2.02. The highest BCUT2D eigenvalue weighted by atomic mass is 35.5. The molecule has 0 saturated carbocycles. The summed E-state index contributed by atoms with van der Waals surface area (Å²) in [7, 11) is 0. The summed E-state index contributed by atoms with van der Waals surface area (Å²) in [6.45, 7) is 1.94. The maximum Gasteiger partial charge on any atom is 0.202 e. The van der Waals surface area contributed by atoms with Crippen LogP contribution in [0.4, 0.5) is 4.39 Å². The Morgan fingerprint density at radius 3 is 2.78 bits per heavy atom. The molecule has 0 unspecified atom stereocenters. The summed E-state index contributed by atoms with van der Waals surface area (Å²) < 4.78 is 18.4. The number of halogens is 2. The smallest absolute Gasteiger partial charge is 0.202 e. The van der Waals surface area contributed by atoms with Crippen molar-refractivity contribution in [3.63, 3.8) is 0 Å². The van der Waals surface area contributed by atoms with E-state index in [9.17, 15) is 9.18 Å². The zero-order chi connectivity index (χ0) is 13.1. The predicted molar refractivity (Wildman–Crippen MR) is 67.5 cm³/mol. The van der Waals surface area contributed by atoms with E-state index in [1.165, 1.54) is 18.2 Å². The number of carbonyl (C=O) groups is 1. The molecule has 0 spiro atoms. The van der Waals surface area contributed by atoms with Gasteiger partial charge >= 0.3 is 0 Å². The molecule has 0 aliphatic carbocycles. The first-order valence-corrected chi connectivity index (χ1v) is 6.03. The number of carbonyl (C=O) groups excluding carboxylic acids is 1. The van der Waals surface area contributed by atoms with Crippen molar-refractivity contribution < 1.29 is 13.6 Å². The van der Waals surface area contributed by atoms with Crippen LogP contribution in [-0.4, -0.2) is 5.78 Å². The van der Waals surface area contributed by atoms with Gasteiger partial charge < -0.3 is 4.42 Å². The Kier molecular flexibility index (Phi) is 3.82. The molecule has 1 aromatic heterocycles. The molecule has 0 aliphatic heterocycles. The number of hydrogen-bond acceptors (Lipinski definition) is 2. The second-order valence-corrected chi connectivity index (χ2v) is 4.36. The first kappa shape index (κ1) is 12.8. The third kappa shape index (κ3) is 2.79. The lowest BCUT2D eigenvalue weighted by molar-refractivity contribution is 0.0964. The zero-order valence-corrected chi connectivity index (χ0v) is 10.6. The SMILES string of the molecule is CCc1ccc(C(=O)Cc2cc(F)ccc2Cl)o1. The first-order chi connectivity index (χ1) is 8.60. The maximum atomic E-state index is 13.1. The Morgan fingerprint density at radius 1 is 1.33 bits per heavy atom. The van der Waals surface area contributed by atoms with E-state index in [0.717, 1.165) is 12.2 Å². The molecular weight excluding hydrogens is 255 g/mol. The van der Waals surface area contributed by atoms with Crippen molar-refractivity contribution >= 4 is 17.4 Å². The third-order valence-electron chi connectivity index (χ3n) is 2.64. The quantitative estimate of drug-likeness (QED) is 0.781. The zero-order valence-electron chi connectivity index (χ0n) is 9.87. The van der Waals surface area contributed by atoms with Crippen molar-refractivity contribution in [2.75, 3.05) is 0 Å². The van der Waals surface area contributed by atoms with Gasteiger partial charge in [0.2, 0.25) is 5.78 Å². The number of aryl methyl sites for hydroxylation is 1. The molecule has 18 heavy (non-hydrogen) atoms. The Labute approximate surface area is 109 Å². The van der Waals surface area contributed by atoms with Gasteiger partial charge in [0.05, 0.1) is 0 Å². The lowest BCUT2D eigenvalue weighted by atomic mass is 10.1. The average Bonchev–Trinajstić information content (AvgIpc) is 2.82.